The van der Waals surface area contributed by atoms with Crippen LogP contribution in [0.25, 0.3) is 11.2 Å². The van der Waals surface area contributed by atoms with Crippen LogP contribution in [0.4, 0.5) is 5.82 Å². The first kappa shape index (κ1) is 18.9. The van der Waals surface area contributed by atoms with E-state index < -0.39 is 39.0 Å². The standard InChI is InChI=1S/C12H18N5O8P/c1-2-23-12-15-9(13)6-10(16-12)17(4-14-6)11-8(19)7(18)5(25-11)3-24-26(20,21)22/h4-5,7-8,11,18-19H,2-3H2,1H3,(H2,13,15,16)(H2,20,21,22). The highest BCUT2D eigenvalue weighted by atomic mass is 31.2. The molecule has 0 bridgehead atoms. The van der Waals surface area contributed by atoms with E-state index in [-0.39, 0.29) is 23.0 Å². The molecule has 13 nitrogen and oxygen atoms in total. The van der Waals surface area contributed by atoms with Crippen molar-refractivity contribution >= 4 is 24.8 Å². The number of nitrogen functional groups attached to an aromatic ring is 1. The molecule has 0 saturated carbocycles. The lowest BCUT2D eigenvalue weighted by atomic mass is 10.1. The largest absolute Gasteiger partial charge is 0.469 e. The van der Waals surface area contributed by atoms with Gasteiger partial charge < -0.3 is 35.2 Å². The number of aliphatic hydroxyl groups excluding tert-OH is 2. The average Bonchev–Trinajstić information content (AvgIpc) is 3.08. The predicted octanol–water partition coefficient (Wildman–Crippen LogP) is -1.46. The van der Waals surface area contributed by atoms with Gasteiger partial charge in [-0.25, -0.2) is 9.55 Å². The molecule has 4 atom stereocenters. The zero-order valence-corrected chi connectivity index (χ0v) is 14.4. The maximum atomic E-state index is 10.8. The Morgan fingerprint density at radius 2 is 2.08 bits per heavy atom. The Morgan fingerprint density at radius 1 is 1.35 bits per heavy atom. The molecule has 3 heterocycles. The van der Waals surface area contributed by atoms with E-state index in [2.05, 4.69) is 19.5 Å². The fraction of sp³-hybridized carbons (Fsp3) is 0.583. The molecule has 3 rings (SSSR count). The minimum Gasteiger partial charge on any atom is -0.464 e. The van der Waals surface area contributed by atoms with E-state index in [1.807, 2.05) is 0 Å². The first-order valence-corrected chi connectivity index (χ1v) is 9.08. The number of nitrogens with zero attached hydrogens (tertiary/aromatic N) is 4. The maximum absolute atomic E-state index is 10.8. The van der Waals surface area contributed by atoms with Gasteiger partial charge >= 0.3 is 13.8 Å². The molecule has 6 N–H and O–H groups in total. The molecular weight excluding hydrogens is 373 g/mol. The van der Waals surface area contributed by atoms with Gasteiger partial charge in [0.15, 0.2) is 23.2 Å². The summed E-state index contributed by atoms with van der Waals surface area (Å²) in [4.78, 5) is 29.7. The zero-order chi connectivity index (χ0) is 19.1. The summed E-state index contributed by atoms with van der Waals surface area (Å²) in [5.41, 5.74) is 6.26. The molecule has 0 aliphatic carbocycles. The van der Waals surface area contributed by atoms with Gasteiger partial charge in [0.25, 0.3) is 0 Å². The molecule has 26 heavy (non-hydrogen) atoms. The van der Waals surface area contributed by atoms with Gasteiger partial charge in [0.1, 0.15) is 18.3 Å². The quantitative estimate of drug-likeness (QED) is 0.359. The molecule has 144 valence electrons. The van der Waals surface area contributed by atoms with E-state index in [0.29, 0.717) is 6.61 Å². The van der Waals surface area contributed by atoms with Gasteiger partial charge in [-0.1, -0.05) is 0 Å². The normalized spacial score (nSPS) is 26.5. The molecule has 2 aromatic heterocycles. The number of imidazole rings is 1. The third-order valence-corrected chi connectivity index (χ3v) is 4.21. The molecule has 14 heteroatoms. The van der Waals surface area contributed by atoms with Crippen molar-refractivity contribution in [2.24, 2.45) is 0 Å². The summed E-state index contributed by atoms with van der Waals surface area (Å²) in [7, 11) is -4.75. The summed E-state index contributed by atoms with van der Waals surface area (Å²) in [5, 5.41) is 20.3. The van der Waals surface area contributed by atoms with Gasteiger partial charge in [0.2, 0.25) is 0 Å². The molecule has 2 aromatic rings. The molecule has 1 aliphatic heterocycles. The van der Waals surface area contributed by atoms with Gasteiger partial charge in [-0.15, -0.1) is 0 Å². The molecule has 0 amide bonds. The highest BCUT2D eigenvalue weighted by molar-refractivity contribution is 7.46. The molecule has 1 aliphatic rings. The van der Waals surface area contributed by atoms with Crippen molar-refractivity contribution in [3.63, 3.8) is 0 Å². The van der Waals surface area contributed by atoms with Crippen molar-refractivity contribution in [3.05, 3.63) is 6.33 Å². The van der Waals surface area contributed by atoms with Crippen molar-refractivity contribution in [3.8, 4) is 6.01 Å². The zero-order valence-electron chi connectivity index (χ0n) is 13.5. The molecular formula is C12H18N5O8P. The molecule has 0 radical (unpaired) electrons. The highest BCUT2D eigenvalue weighted by Crippen LogP contribution is 2.39. The van der Waals surface area contributed by atoms with E-state index in [9.17, 15) is 14.8 Å². The predicted molar refractivity (Wildman–Crippen MR) is 84.8 cm³/mol. The number of anilines is 1. The Labute approximate surface area is 146 Å². The Hall–Kier alpha value is -1.86. The van der Waals surface area contributed by atoms with Crippen LogP contribution in [0.5, 0.6) is 6.01 Å². The Bertz CT molecular complexity index is 840. The van der Waals surface area contributed by atoms with Crippen LogP contribution < -0.4 is 10.5 Å². The van der Waals surface area contributed by atoms with E-state index in [4.69, 9.17) is 25.0 Å². The fourth-order valence-electron chi connectivity index (χ4n) is 2.56. The number of phosphoric acid groups is 1. The Morgan fingerprint density at radius 3 is 2.73 bits per heavy atom. The second-order valence-corrected chi connectivity index (χ2v) is 6.72. The van der Waals surface area contributed by atoms with E-state index >= 15 is 0 Å². The summed E-state index contributed by atoms with van der Waals surface area (Å²) in [6.07, 6.45) is -3.90. The van der Waals surface area contributed by atoms with Gasteiger partial charge in [0, 0.05) is 0 Å². The van der Waals surface area contributed by atoms with Crippen molar-refractivity contribution in [1.29, 1.82) is 0 Å². The van der Waals surface area contributed by atoms with Gasteiger partial charge in [-0.3, -0.25) is 9.09 Å². The molecule has 4 unspecified atom stereocenters. The minimum atomic E-state index is -4.75. The van der Waals surface area contributed by atoms with Crippen LogP contribution in [0.2, 0.25) is 0 Å². The van der Waals surface area contributed by atoms with E-state index in [0.717, 1.165) is 0 Å². The van der Waals surface area contributed by atoms with Gasteiger partial charge in [-0.2, -0.15) is 9.97 Å². The summed E-state index contributed by atoms with van der Waals surface area (Å²) in [6, 6.07) is 0.00803. The number of ether oxygens (including phenoxy) is 2. The summed E-state index contributed by atoms with van der Waals surface area (Å²) < 4.78 is 27.2. The van der Waals surface area contributed by atoms with E-state index in [1.165, 1.54) is 10.9 Å². The van der Waals surface area contributed by atoms with Crippen LogP contribution >= 0.6 is 7.82 Å². The monoisotopic (exact) mass is 391 g/mol. The van der Waals surface area contributed by atoms with Crippen LogP contribution in [-0.4, -0.2) is 71.0 Å². The number of aromatic nitrogens is 4. The lowest BCUT2D eigenvalue weighted by molar-refractivity contribution is -0.0504. The Kier molecular flexibility index (Phi) is 5.12. The number of hydrogen-bond acceptors (Lipinski definition) is 10. The number of rotatable bonds is 6. The third kappa shape index (κ3) is 3.64. The molecule has 1 fully saturated rings. The van der Waals surface area contributed by atoms with Crippen LogP contribution in [0.1, 0.15) is 13.2 Å². The SMILES string of the molecule is CCOc1nc(N)c2ncn(C3OC(COP(=O)(O)O)C(O)C3O)c2n1. The van der Waals surface area contributed by atoms with Crippen molar-refractivity contribution in [2.45, 2.75) is 31.5 Å². The Balaban J connectivity index is 1.90. The number of aliphatic hydroxyl groups is 2. The first-order chi connectivity index (χ1) is 12.2. The summed E-state index contributed by atoms with van der Waals surface area (Å²) >= 11 is 0. The average molecular weight is 391 g/mol. The lowest BCUT2D eigenvalue weighted by Crippen LogP contribution is -2.33. The summed E-state index contributed by atoms with van der Waals surface area (Å²) in [5.74, 6) is 0.0617. The second-order valence-electron chi connectivity index (χ2n) is 5.48. The number of nitrogens with two attached hydrogens (primary N) is 1. The van der Waals surface area contributed by atoms with Crippen LogP contribution in [0.3, 0.4) is 0 Å². The third-order valence-electron chi connectivity index (χ3n) is 3.72. The summed E-state index contributed by atoms with van der Waals surface area (Å²) in [6.45, 7) is 1.43. The van der Waals surface area contributed by atoms with Crippen molar-refractivity contribution in [2.75, 3.05) is 18.9 Å². The number of hydrogen-bond donors (Lipinski definition) is 5. The minimum absolute atomic E-state index is 0.00803. The van der Waals surface area contributed by atoms with Gasteiger partial charge in [-0.05, 0) is 6.92 Å². The highest BCUT2D eigenvalue weighted by Gasteiger charge is 2.45. The molecule has 0 spiro atoms. The first-order valence-electron chi connectivity index (χ1n) is 7.55. The van der Waals surface area contributed by atoms with Crippen molar-refractivity contribution < 1.29 is 38.6 Å². The lowest BCUT2D eigenvalue weighted by Gasteiger charge is -2.16. The second kappa shape index (κ2) is 7.04. The molecule has 1 saturated heterocycles. The maximum Gasteiger partial charge on any atom is 0.469 e. The van der Waals surface area contributed by atoms with Crippen LogP contribution in [-0.2, 0) is 13.8 Å². The van der Waals surface area contributed by atoms with Gasteiger partial charge in [0.05, 0.1) is 19.5 Å². The topological polar surface area (TPSA) is 195 Å². The van der Waals surface area contributed by atoms with Crippen LogP contribution in [0.15, 0.2) is 6.33 Å². The van der Waals surface area contributed by atoms with Crippen LogP contribution in [0, 0.1) is 0 Å². The van der Waals surface area contributed by atoms with Crippen molar-refractivity contribution in [1.82, 2.24) is 19.5 Å². The van der Waals surface area contributed by atoms with E-state index in [1.54, 1.807) is 6.92 Å². The smallest absolute Gasteiger partial charge is 0.464 e. The fourth-order valence-corrected chi connectivity index (χ4v) is 2.91. The number of phosphoric ester groups is 1. The number of fused-ring (bicyclic) bond motifs is 1. The molecule has 0 aromatic carbocycles.